The van der Waals surface area contributed by atoms with Crippen molar-refractivity contribution in [2.75, 3.05) is 51.9 Å². The normalized spacial score (nSPS) is 11.2. The second kappa shape index (κ2) is 15.0. The van der Waals surface area contributed by atoms with E-state index in [0.29, 0.717) is 95.5 Å². The molecule has 0 saturated carbocycles. The van der Waals surface area contributed by atoms with Crippen LogP contribution < -0.4 is 16.2 Å². The van der Waals surface area contributed by atoms with E-state index in [-0.39, 0.29) is 11.7 Å². The van der Waals surface area contributed by atoms with Crippen LogP contribution in [0.25, 0.3) is 11.2 Å². The summed E-state index contributed by atoms with van der Waals surface area (Å²) in [7, 11) is 0. The molecule has 0 bridgehead atoms. The zero-order valence-corrected chi connectivity index (χ0v) is 19.9. The number of nitrogen functional groups attached to an aromatic ring is 1. The van der Waals surface area contributed by atoms with Crippen molar-refractivity contribution in [1.29, 1.82) is 0 Å². The number of imidazole rings is 1. The number of carbonyl (C=O) groups excluding carboxylic acids is 1. The van der Waals surface area contributed by atoms with Crippen LogP contribution in [-0.4, -0.2) is 71.9 Å². The van der Waals surface area contributed by atoms with Gasteiger partial charge in [-0.3, -0.25) is 4.79 Å². The first kappa shape index (κ1) is 26.5. The summed E-state index contributed by atoms with van der Waals surface area (Å²) >= 11 is 0. The fraction of sp³-hybridized carbons (Fsp3) is 0.500. The van der Waals surface area contributed by atoms with E-state index < -0.39 is 0 Å². The molecule has 11 heteroatoms. The van der Waals surface area contributed by atoms with E-state index in [9.17, 15) is 4.79 Å². The van der Waals surface area contributed by atoms with Crippen molar-refractivity contribution < 1.29 is 23.7 Å². The number of aryl methyl sites for hydroxylation is 1. The number of nitrogens with zero attached hydrogens (tertiary/aromatic N) is 3. The van der Waals surface area contributed by atoms with Crippen molar-refractivity contribution >= 4 is 22.9 Å². The van der Waals surface area contributed by atoms with Crippen LogP contribution in [0.15, 0.2) is 30.6 Å². The summed E-state index contributed by atoms with van der Waals surface area (Å²) in [5, 5.41) is 0. The summed E-state index contributed by atoms with van der Waals surface area (Å²) in [6, 6.07) is 7.98. The van der Waals surface area contributed by atoms with Gasteiger partial charge in [0, 0.05) is 26.0 Å². The van der Waals surface area contributed by atoms with Gasteiger partial charge in [0.05, 0.1) is 39.4 Å². The molecule has 0 aliphatic heterocycles. The Balaban J connectivity index is 1.25. The summed E-state index contributed by atoms with van der Waals surface area (Å²) in [4.78, 5) is 27.4. The third-order valence-electron chi connectivity index (χ3n) is 5.11. The predicted octanol–water partition coefficient (Wildman–Crippen LogP) is 1.80. The van der Waals surface area contributed by atoms with Crippen molar-refractivity contribution in [3.8, 4) is 5.88 Å². The molecule has 0 fully saturated rings. The number of rotatable bonds is 18. The molecule has 0 aliphatic rings. The topological polar surface area (TPSA) is 160 Å². The van der Waals surface area contributed by atoms with Crippen LogP contribution in [0.3, 0.4) is 0 Å². The van der Waals surface area contributed by atoms with Crippen molar-refractivity contribution in [3.63, 3.8) is 0 Å². The third kappa shape index (κ3) is 9.57. The molecule has 11 nitrogen and oxygen atoms in total. The Morgan fingerprint density at radius 3 is 2.31 bits per heavy atom. The number of fused-ring (bicyclic) bond motifs is 1. The van der Waals surface area contributed by atoms with E-state index in [1.807, 2.05) is 24.3 Å². The molecule has 190 valence electrons. The molecule has 0 amide bonds. The summed E-state index contributed by atoms with van der Waals surface area (Å²) in [6.07, 6.45) is 3.97. The first-order valence-electron chi connectivity index (χ1n) is 11.8. The van der Waals surface area contributed by atoms with E-state index in [2.05, 4.69) is 19.9 Å². The summed E-state index contributed by atoms with van der Waals surface area (Å²) in [5.41, 5.74) is 14.2. The van der Waals surface area contributed by atoms with E-state index in [1.54, 1.807) is 0 Å². The van der Waals surface area contributed by atoms with Crippen LogP contribution in [0.2, 0.25) is 0 Å². The molecule has 1 aromatic carbocycles. The van der Waals surface area contributed by atoms with E-state index in [4.69, 9.17) is 30.4 Å². The Morgan fingerprint density at radius 2 is 1.57 bits per heavy atom. The number of aromatic nitrogens is 4. The molecule has 0 saturated heterocycles. The van der Waals surface area contributed by atoms with E-state index in [1.165, 1.54) is 6.33 Å². The lowest BCUT2D eigenvalue weighted by Crippen LogP contribution is -2.13. The molecule has 35 heavy (non-hydrogen) atoms. The van der Waals surface area contributed by atoms with Gasteiger partial charge in [-0.15, -0.1) is 0 Å². The van der Waals surface area contributed by atoms with Crippen molar-refractivity contribution in [1.82, 2.24) is 19.9 Å². The SMILES string of the molecule is NCCOCCOCCOCCCC(=O)CCc1ccc(COc2nc(N)nc3nc[nH]c23)cc1. The number of anilines is 1. The maximum atomic E-state index is 12.2. The van der Waals surface area contributed by atoms with Crippen molar-refractivity contribution in [2.45, 2.75) is 32.3 Å². The van der Waals surface area contributed by atoms with Crippen LogP contribution in [-0.2, 0) is 32.0 Å². The molecule has 5 N–H and O–H groups in total. The maximum absolute atomic E-state index is 12.2. The van der Waals surface area contributed by atoms with Crippen molar-refractivity contribution in [3.05, 3.63) is 41.7 Å². The highest BCUT2D eigenvalue weighted by Crippen LogP contribution is 2.21. The standard InChI is InChI=1S/C24H34N6O5/c25-9-11-33-13-15-34-14-12-32-10-1-2-20(31)8-7-18-3-5-19(6-4-18)16-35-23-21-22(28-17-27-21)29-24(26)30-23/h3-6,17H,1-2,7-16,25H2,(H3,26,27,28,29,30). The van der Waals surface area contributed by atoms with Gasteiger partial charge in [0.25, 0.3) is 0 Å². The first-order chi connectivity index (χ1) is 17.2. The molecule has 0 aliphatic carbocycles. The molecular formula is C24H34N6O5. The molecule has 0 unspecified atom stereocenters. The lowest BCUT2D eigenvalue weighted by molar-refractivity contribution is -0.119. The van der Waals surface area contributed by atoms with Gasteiger partial charge in [0.15, 0.2) is 5.65 Å². The van der Waals surface area contributed by atoms with Crippen LogP contribution in [0.1, 0.15) is 30.4 Å². The van der Waals surface area contributed by atoms with E-state index >= 15 is 0 Å². The number of ketones is 1. The largest absolute Gasteiger partial charge is 0.471 e. The van der Waals surface area contributed by atoms with Crippen molar-refractivity contribution in [2.24, 2.45) is 5.73 Å². The number of aromatic amines is 1. The monoisotopic (exact) mass is 486 g/mol. The second-order valence-electron chi connectivity index (χ2n) is 7.86. The minimum Gasteiger partial charge on any atom is -0.471 e. The zero-order chi connectivity index (χ0) is 24.7. The lowest BCUT2D eigenvalue weighted by Gasteiger charge is -2.08. The van der Waals surface area contributed by atoms with Gasteiger partial charge in [-0.2, -0.15) is 9.97 Å². The third-order valence-corrected chi connectivity index (χ3v) is 5.11. The number of carbonyl (C=O) groups is 1. The van der Waals surface area contributed by atoms with Gasteiger partial charge in [-0.05, 0) is 24.0 Å². The number of ether oxygens (including phenoxy) is 4. The Hall–Kier alpha value is -3.12. The highest BCUT2D eigenvalue weighted by molar-refractivity contribution is 5.78. The zero-order valence-electron chi connectivity index (χ0n) is 19.9. The minimum absolute atomic E-state index is 0.112. The van der Waals surface area contributed by atoms with Crippen LogP contribution in [0.4, 0.5) is 5.95 Å². The second-order valence-corrected chi connectivity index (χ2v) is 7.86. The summed E-state index contributed by atoms with van der Waals surface area (Å²) in [5.74, 6) is 0.712. The molecule has 2 aromatic heterocycles. The van der Waals surface area contributed by atoms with E-state index in [0.717, 1.165) is 11.1 Å². The molecule has 0 atom stereocenters. The number of hydrogen-bond acceptors (Lipinski definition) is 10. The summed E-state index contributed by atoms with van der Waals surface area (Å²) in [6.45, 7) is 4.04. The number of nitrogens with two attached hydrogens (primary N) is 2. The molecule has 2 heterocycles. The summed E-state index contributed by atoms with van der Waals surface area (Å²) < 4.78 is 21.9. The number of Topliss-reactive ketones (excluding diaryl/α,β-unsaturated/α-hetero) is 1. The fourth-order valence-corrected chi connectivity index (χ4v) is 3.29. The Morgan fingerprint density at radius 1 is 0.886 bits per heavy atom. The number of benzene rings is 1. The van der Waals surface area contributed by atoms with Gasteiger partial charge < -0.3 is 35.4 Å². The fourth-order valence-electron chi connectivity index (χ4n) is 3.29. The number of H-pyrrole nitrogens is 1. The predicted molar refractivity (Wildman–Crippen MR) is 131 cm³/mol. The highest BCUT2D eigenvalue weighted by atomic mass is 16.5. The molecule has 0 radical (unpaired) electrons. The molecule has 3 aromatic rings. The molecule has 0 spiro atoms. The highest BCUT2D eigenvalue weighted by Gasteiger charge is 2.10. The van der Waals surface area contributed by atoms with Gasteiger partial charge in [0.2, 0.25) is 11.8 Å². The van der Waals surface area contributed by atoms with Gasteiger partial charge in [0.1, 0.15) is 17.9 Å². The van der Waals surface area contributed by atoms with Gasteiger partial charge >= 0.3 is 0 Å². The lowest BCUT2D eigenvalue weighted by atomic mass is 10.0. The maximum Gasteiger partial charge on any atom is 0.245 e. The average Bonchev–Trinajstić information content (AvgIpc) is 3.34. The molecular weight excluding hydrogens is 452 g/mol. The van der Waals surface area contributed by atoms with Gasteiger partial charge in [-0.25, -0.2) is 4.98 Å². The molecule has 3 rings (SSSR count). The van der Waals surface area contributed by atoms with Crippen LogP contribution >= 0.6 is 0 Å². The average molecular weight is 487 g/mol. The smallest absolute Gasteiger partial charge is 0.245 e. The number of nitrogens with one attached hydrogen (secondary N) is 1. The quantitative estimate of drug-likeness (QED) is 0.226. The Bertz CT molecular complexity index is 1030. The number of hydrogen-bond donors (Lipinski definition) is 3. The van der Waals surface area contributed by atoms with Gasteiger partial charge in [-0.1, -0.05) is 24.3 Å². The Kier molecular flexibility index (Phi) is 11.3. The van der Waals surface area contributed by atoms with Crippen LogP contribution in [0, 0.1) is 0 Å². The first-order valence-corrected chi connectivity index (χ1v) is 11.8. The van der Waals surface area contributed by atoms with Crippen LogP contribution in [0.5, 0.6) is 5.88 Å². The minimum atomic E-state index is 0.112. The Labute approximate surface area is 204 Å².